The van der Waals surface area contributed by atoms with Crippen molar-refractivity contribution in [2.45, 2.75) is 6.42 Å². The van der Waals surface area contributed by atoms with Gasteiger partial charge in [-0.3, -0.25) is 4.79 Å². The number of carbonyl (C=O) groups is 1. The van der Waals surface area contributed by atoms with Crippen molar-refractivity contribution in [3.05, 3.63) is 24.3 Å². The van der Waals surface area contributed by atoms with Gasteiger partial charge in [-0.05, 0) is 30.7 Å². The quantitative estimate of drug-likeness (QED) is 0.758. The molecule has 5 nitrogen and oxygen atoms in total. The van der Waals surface area contributed by atoms with Crippen LogP contribution in [0.1, 0.15) is 6.42 Å². The molecule has 1 fully saturated rings. The minimum atomic E-state index is -3.02. The summed E-state index contributed by atoms with van der Waals surface area (Å²) in [6, 6.07) is 6.75. The smallest absolute Gasteiger partial charge is 0.228 e. The summed E-state index contributed by atoms with van der Waals surface area (Å²) in [5, 5.41) is 2.69. The second-order valence-corrected chi connectivity index (χ2v) is 6.44. The van der Waals surface area contributed by atoms with Crippen molar-refractivity contribution in [3.63, 3.8) is 0 Å². The topological polar surface area (TPSA) is 89.3 Å². The number of nitrogens with one attached hydrogen (secondary N) is 1. The molecule has 0 radical (unpaired) electrons. The molecule has 17 heavy (non-hydrogen) atoms. The SMILES string of the molecule is Nc1ccc(NC(=O)C2CCS(=O)(=O)C2)cc1. The predicted octanol–water partition coefficient (Wildman–Crippen LogP) is 0.642. The largest absolute Gasteiger partial charge is 0.399 e. The van der Waals surface area contributed by atoms with E-state index in [2.05, 4.69) is 5.32 Å². The van der Waals surface area contributed by atoms with Crippen LogP contribution >= 0.6 is 0 Å². The number of hydrogen-bond donors (Lipinski definition) is 2. The van der Waals surface area contributed by atoms with Gasteiger partial charge in [0.05, 0.1) is 17.4 Å². The third kappa shape index (κ3) is 2.97. The third-order valence-electron chi connectivity index (χ3n) is 2.78. The van der Waals surface area contributed by atoms with Gasteiger partial charge in [-0.1, -0.05) is 0 Å². The van der Waals surface area contributed by atoms with E-state index < -0.39 is 15.8 Å². The lowest BCUT2D eigenvalue weighted by atomic mass is 10.1. The average Bonchev–Trinajstić information content (AvgIpc) is 2.62. The first-order valence-electron chi connectivity index (χ1n) is 5.33. The van der Waals surface area contributed by atoms with E-state index in [0.717, 1.165) is 0 Å². The van der Waals surface area contributed by atoms with Crippen LogP contribution in [-0.2, 0) is 14.6 Å². The molecule has 1 amide bonds. The molecular weight excluding hydrogens is 240 g/mol. The summed E-state index contributed by atoms with van der Waals surface area (Å²) >= 11 is 0. The second kappa shape index (κ2) is 4.37. The molecule has 1 saturated heterocycles. The molecule has 2 rings (SSSR count). The van der Waals surface area contributed by atoms with Crippen LogP contribution in [-0.4, -0.2) is 25.8 Å². The lowest BCUT2D eigenvalue weighted by Gasteiger charge is -2.09. The summed E-state index contributed by atoms with van der Waals surface area (Å²) in [7, 11) is -3.02. The highest BCUT2D eigenvalue weighted by atomic mass is 32.2. The summed E-state index contributed by atoms with van der Waals surface area (Å²) in [4.78, 5) is 11.8. The molecule has 1 aliphatic rings. The van der Waals surface area contributed by atoms with Gasteiger partial charge >= 0.3 is 0 Å². The van der Waals surface area contributed by atoms with Crippen molar-refractivity contribution in [1.29, 1.82) is 0 Å². The summed E-state index contributed by atoms with van der Waals surface area (Å²) in [6.45, 7) is 0. The van der Waals surface area contributed by atoms with E-state index in [1.54, 1.807) is 24.3 Å². The van der Waals surface area contributed by atoms with Crippen LogP contribution in [0.15, 0.2) is 24.3 Å². The lowest BCUT2D eigenvalue weighted by Crippen LogP contribution is -2.23. The molecule has 1 heterocycles. The number of amides is 1. The second-order valence-electron chi connectivity index (χ2n) is 4.21. The zero-order chi connectivity index (χ0) is 12.5. The van der Waals surface area contributed by atoms with Crippen LogP contribution < -0.4 is 11.1 Å². The van der Waals surface area contributed by atoms with Gasteiger partial charge in [0.1, 0.15) is 0 Å². The van der Waals surface area contributed by atoms with E-state index >= 15 is 0 Å². The Morgan fingerprint density at radius 1 is 1.29 bits per heavy atom. The Morgan fingerprint density at radius 3 is 2.47 bits per heavy atom. The molecule has 1 aliphatic heterocycles. The van der Waals surface area contributed by atoms with Crippen LogP contribution in [0.3, 0.4) is 0 Å². The van der Waals surface area contributed by atoms with Gasteiger partial charge in [-0.25, -0.2) is 8.42 Å². The normalized spacial score (nSPS) is 22.2. The maximum Gasteiger partial charge on any atom is 0.228 e. The Balaban J connectivity index is 2.01. The maximum atomic E-state index is 11.8. The molecule has 0 aromatic heterocycles. The van der Waals surface area contributed by atoms with Gasteiger partial charge in [0.2, 0.25) is 5.91 Å². The molecule has 0 aliphatic carbocycles. The highest BCUT2D eigenvalue weighted by Gasteiger charge is 2.32. The first kappa shape index (κ1) is 11.9. The highest BCUT2D eigenvalue weighted by Crippen LogP contribution is 2.20. The van der Waals surface area contributed by atoms with Crippen LogP contribution in [0, 0.1) is 5.92 Å². The highest BCUT2D eigenvalue weighted by molar-refractivity contribution is 7.91. The van der Waals surface area contributed by atoms with Gasteiger partial charge in [0.15, 0.2) is 9.84 Å². The molecule has 1 aromatic rings. The number of anilines is 2. The van der Waals surface area contributed by atoms with Gasteiger partial charge in [-0.15, -0.1) is 0 Å². The van der Waals surface area contributed by atoms with E-state index in [-0.39, 0.29) is 17.4 Å². The van der Waals surface area contributed by atoms with Gasteiger partial charge in [0, 0.05) is 11.4 Å². The summed E-state index contributed by atoms with van der Waals surface area (Å²) in [5.74, 6) is -0.617. The van der Waals surface area contributed by atoms with E-state index in [1.165, 1.54) is 0 Å². The predicted molar refractivity (Wildman–Crippen MR) is 66.2 cm³/mol. The number of carbonyl (C=O) groups excluding carboxylic acids is 1. The van der Waals surface area contributed by atoms with Crippen LogP contribution in [0.2, 0.25) is 0 Å². The fraction of sp³-hybridized carbons (Fsp3) is 0.364. The summed E-state index contributed by atoms with van der Waals surface area (Å²) in [6.07, 6.45) is 0.406. The van der Waals surface area contributed by atoms with E-state index in [9.17, 15) is 13.2 Å². The lowest BCUT2D eigenvalue weighted by molar-refractivity contribution is -0.119. The van der Waals surface area contributed by atoms with Crippen molar-refractivity contribution in [1.82, 2.24) is 0 Å². The first-order valence-corrected chi connectivity index (χ1v) is 7.15. The van der Waals surface area contributed by atoms with Crippen molar-refractivity contribution < 1.29 is 13.2 Å². The number of sulfone groups is 1. The van der Waals surface area contributed by atoms with Crippen molar-refractivity contribution >= 4 is 27.1 Å². The van der Waals surface area contributed by atoms with Crippen LogP contribution in [0.25, 0.3) is 0 Å². The fourth-order valence-electron chi connectivity index (χ4n) is 1.81. The van der Waals surface area contributed by atoms with E-state index in [1.807, 2.05) is 0 Å². The van der Waals surface area contributed by atoms with Crippen molar-refractivity contribution in [2.24, 2.45) is 5.92 Å². The number of rotatable bonds is 2. The van der Waals surface area contributed by atoms with Gasteiger partial charge in [-0.2, -0.15) is 0 Å². The van der Waals surface area contributed by atoms with Gasteiger partial charge < -0.3 is 11.1 Å². The molecule has 1 unspecified atom stereocenters. The number of nitrogens with two attached hydrogens (primary N) is 1. The standard InChI is InChI=1S/C11H14N2O3S/c12-9-1-3-10(4-2-9)13-11(14)8-5-6-17(15,16)7-8/h1-4,8H,5-7,12H2,(H,13,14). The molecule has 3 N–H and O–H groups in total. The Labute approximate surface area is 99.9 Å². The van der Waals surface area contributed by atoms with E-state index in [4.69, 9.17) is 5.73 Å². The average molecular weight is 254 g/mol. The zero-order valence-corrected chi connectivity index (χ0v) is 10.0. The van der Waals surface area contributed by atoms with Gasteiger partial charge in [0.25, 0.3) is 0 Å². The molecule has 1 atom stereocenters. The minimum absolute atomic E-state index is 0.0478. The van der Waals surface area contributed by atoms with E-state index in [0.29, 0.717) is 17.8 Å². The zero-order valence-electron chi connectivity index (χ0n) is 9.22. The van der Waals surface area contributed by atoms with Crippen molar-refractivity contribution in [3.8, 4) is 0 Å². The summed E-state index contributed by atoms with van der Waals surface area (Å²) in [5.41, 5.74) is 6.77. The molecule has 6 heteroatoms. The molecule has 0 bridgehead atoms. The number of hydrogen-bond acceptors (Lipinski definition) is 4. The minimum Gasteiger partial charge on any atom is -0.399 e. The Hall–Kier alpha value is -1.56. The molecular formula is C11H14N2O3S. The summed E-state index contributed by atoms with van der Waals surface area (Å²) < 4.78 is 22.5. The van der Waals surface area contributed by atoms with Crippen LogP contribution in [0.4, 0.5) is 11.4 Å². The Morgan fingerprint density at radius 2 is 1.94 bits per heavy atom. The number of nitrogen functional groups attached to an aromatic ring is 1. The maximum absolute atomic E-state index is 11.8. The first-order chi connectivity index (χ1) is 7.96. The Bertz CT molecular complexity index is 522. The molecule has 1 aromatic carbocycles. The number of benzene rings is 1. The fourth-order valence-corrected chi connectivity index (χ4v) is 3.55. The monoisotopic (exact) mass is 254 g/mol. The molecule has 0 saturated carbocycles. The Kier molecular flexibility index (Phi) is 3.06. The van der Waals surface area contributed by atoms with Crippen LogP contribution in [0.5, 0.6) is 0 Å². The molecule has 0 spiro atoms. The third-order valence-corrected chi connectivity index (χ3v) is 4.55. The van der Waals surface area contributed by atoms with Crippen molar-refractivity contribution in [2.75, 3.05) is 22.6 Å². The molecule has 92 valence electrons.